The minimum atomic E-state index is -0.886. The third-order valence-corrected chi connectivity index (χ3v) is 3.37. The van der Waals surface area contributed by atoms with Crippen molar-refractivity contribution in [1.82, 2.24) is 4.90 Å². The number of nitrogens with zero attached hydrogens (tertiary/aromatic N) is 1. The zero-order chi connectivity index (χ0) is 14.1. The van der Waals surface area contributed by atoms with Crippen molar-refractivity contribution >= 4 is 18.1 Å². The van der Waals surface area contributed by atoms with E-state index in [-0.39, 0.29) is 0 Å². The number of amides is 2. The molecule has 2 aromatic carbocycles. The Labute approximate surface area is 115 Å². The van der Waals surface area contributed by atoms with Crippen molar-refractivity contribution in [2.24, 2.45) is 0 Å². The quantitative estimate of drug-likeness (QED) is 0.631. The smallest absolute Gasteiger partial charge is 0.262 e. The van der Waals surface area contributed by atoms with Crippen molar-refractivity contribution in [3.05, 3.63) is 71.3 Å². The minimum Gasteiger partial charge on any atom is -0.301 e. The van der Waals surface area contributed by atoms with Gasteiger partial charge in [-0.1, -0.05) is 42.5 Å². The van der Waals surface area contributed by atoms with Gasteiger partial charge in [-0.15, -0.1) is 0 Å². The lowest BCUT2D eigenvalue weighted by atomic mass is 10.1. The van der Waals surface area contributed by atoms with Crippen LogP contribution in [0.25, 0.3) is 0 Å². The van der Waals surface area contributed by atoms with Gasteiger partial charge in [-0.2, -0.15) is 0 Å². The SMILES string of the molecule is O=CC(c1ccccc1)N1C(=O)c2ccccc2C1=O. The van der Waals surface area contributed by atoms with Crippen molar-refractivity contribution < 1.29 is 14.4 Å². The van der Waals surface area contributed by atoms with E-state index in [0.29, 0.717) is 23.0 Å². The van der Waals surface area contributed by atoms with E-state index in [1.807, 2.05) is 6.07 Å². The Morgan fingerprint density at radius 2 is 1.30 bits per heavy atom. The van der Waals surface area contributed by atoms with Crippen LogP contribution >= 0.6 is 0 Å². The van der Waals surface area contributed by atoms with E-state index >= 15 is 0 Å². The van der Waals surface area contributed by atoms with Crippen LogP contribution in [0.1, 0.15) is 32.3 Å². The van der Waals surface area contributed by atoms with E-state index < -0.39 is 17.9 Å². The number of carbonyl (C=O) groups excluding carboxylic acids is 3. The van der Waals surface area contributed by atoms with Crippen LogP contribution in [0.15, 0.2) is 54.6 Å². The summed E-state index contributed by atoms with van der Waals surface area (Å²) in [4.78, 5) is 37.1. The molecule has 1 aliphatic heterocycles. The first-order chi connectivity index (χ1) is 9.74. The fraction of sp³-hybridized carbons (Fsp3) is 0.0625. The first-order valence-corrected chi connectivity index (χ1v) is 6.21. The van der Waals surface area contributed by atoms with Gasteiger partial charge in [0.25, 0.3) is 11.8 Å². The Kier molecular flexibility index (Phi) is 2.91. The van der Waals surface area contributed by atoms with Gasteiger partial charge in [0.15, 0.2) is 0 Å². The van der Waals surface area contributed by atoms with Crippen molar-refractivity contribution in [3.8, 4) is 0 Å². The van der Waals surface area contributed by atoms with Gasteiger partial charge in [-0.25, -0.2) is 0 Å². The normalized spacial score (nSPS) is 15.1. The summed E-state index contributed by atoms with van der Waals surface area (Å²) in [6, 6.07) is 14.5. The molecule has 1 atom stereocenters. The maximum Gasteiger partial charge on any atom is 0.262 e. The van der Waals surface area contributed by atoms with Gasteiger partial charge in [0.2, 0.25) is 0 Å². The number of benzene rings is 2. The molecule has 20 heavy (non-hydrogen) atoms. The molecule has 4 heteroatoms. The molecular formula is C16H11NO3. The third kappa shape index (κ3) is 1.73. The van der Waals surface area contributed by atoms with Gasteiger partial charge in [0.1, 0.15) is 12.3 Å². The Bertz CT molecular complexity index is 659. The second-order valence-electron chi connectivity index (χ2n) is 4.52. The maximum atomic E-state index is 12.3. The molecule has 0 aromatic heterocycles. The molecule has 1 aliphatic rings. The summed E-state index contributed by atoms with van der Waals surface area (Å²) >= 11 is 0. The molecular weight excluding hydrogens is 254 g/mol. The molecule has 0 spiro atoms. The van der Waals surface area contributed by atoms with Crippen LogP contribution in [0.2, 0.25) is 0 Å². The number of rotatable bonds is 3. The molecule has 0 saturated carbocycles. The zero-order valence-electron chi connectivity index (χ0n) is 10.5. The number of fused-ring (bicyclic) bond motifs is 1. The molecule has 1 unspecified atom stereocenters. The Morgan fingerprint density at radius 3 is 1.80 bits per heavy atom. The average molecular weight is 265 g/mol. The van der Waals surface area contributed by atoms with Crippen LogP contribution in [0.5, 0.6) is 0 Å². The molecule has 0 bridgehead atoms. The highest BCUT2D eigenvalue weighted by molar-refractivity contribution is 6.22. The summed E-state index contributed by atoms with van der Waals surface area (Å²) in [7, 11) is 0. The molecule has 0 radical (unpaired) electrons. The second-order valence-corrected chi connectivity index (χ2v) is 4.52. The fourth-order valence-corrected chi connectivity index (χ4v) is 2.40. The molecule has 2 aromatic rings. The predicted octanol–water partition coefficient (Wildman–Crippen LogP) is 2.22. The van der Waals surface area contributed by atoms with Crippen molar-refractivity contribution in [2.75, 3.05) is 0 Å². The minimum absolute atomic E-state index is 0.347. The van der Waals surface area contributed by atoms with Gasteiger partial charge in [0.05, 0.1) is 11.1 Å². The highest BCUT2D eigenvalue weighted by Gasteiger charge is 2.40. The molecule has 3 rings (SSSR count). The predicted molar refractivity (Wildman–Crippen MR) is 72.2 cm³/mol. The van der Waals surface area contributed by atoms with Gasteiger partial charge in [-0.3, -0.25) is 14.5 Å². The molecule has 2 amide bonds. The fourth-order valence-electron chi connectivity index (χ4n) is 2.40. The van der Waals surface area contributed by atoms with Crippen molar-refractivity contribution in [2.45, 2.75) is 6.04 Å². The van der Waals surface area contributed by atoms with Gasteiger partial charge in [0, 0.05) is 0 Å². The van der Waals surface area contributed by atoms with Crippen molar-refractivity contribution in [1.29, 1.82) is 0 Å². The van der Waals surface area contributed by atoms with Crippen LogP contribution in [-0.4, -0.2) is 23.0 Å². The topological polar surface area (TPSA) is 54.5 Å². The monoisotopic (exact) mass is 265 g/mol. The molecule has 98 valence electrons. The second kappa shape index (κ2) is 4.74. The molecule has 0 aliphatic carbocycles. The highest BCUT2D eigenvalue weighted by atomic mass is 16.2. The Morgan fingerprint density at radius 1 is 0.800 bits per heavy atom. The van der Waals surface area contributed by atoms with Gasteiger partial charge < -0.3 is 4.79 Å². The van der Waals surface area contributed by atoms with Crippen LogP contribution in [0.4, 0.5) is 0 Å². The van der Waals surface area contributed by atoms with Crippen LogP contribution in [0, 0.1) is 0 Å². The number of imide groups is 1. The van der Waals surface area contributed by atoms with E-state index in [0.717, 1.165) is 4.90 Å². The average Bonchev–Trinajstić information content (AvgIpc) is 2.75. The first kappa shape index (κ1) is 12.3. The Hall–Kier alpha value is -2.75. The van der Waals surface area contributed by atoms with Crippen LogP contribution in [-0.2, 0) is 4.79 Å². The van der Waals surface area contributed by atoms with Gasteiger partial charge in [-0.05, 0) is 17.7 Å². The Balaban J connectivity index is 2.06. The standard InChI is InChI=1S/C16H11NO3/c18-10-14(11-6-2-1-3-7-11)17-15(19)12-8-4-5-9-13(12)16(17)20/h1-10,14H. The zero-order valence-corrected chi connectivity index (χ0v) is 10.5. The van der Waals surface area contributed by atoms with Crippen LogP contribution in [0.3, 0.4) is 0 Å². The summed E-state index contributed by atoms with van der Waals surface area (Å²) < 4.78 is 0. The van der Waals surface area contributed by atoms with E-state index in [2.05, 4.69) is 0 Å². The molecule has 0 saturated heterocycles. The number of carbonyl (C=O) groups is 3. The number of aldehydes is 1. The van der Waals surface area contributed by atoms with Crippen LogP contribution < -0.4 is 0 Å². The molecule has 1 heterocycles. The van der Waals surface area contributed by atoms with Gasteiger partial charge >= 0.3 is 0 Å². The van der Waals surface area contributed by atoms with E-state index in [9.17, 15) is 14.4 Å². The maximum absolute atomic E-state index is 12.3. The summed E-state index contributed by atoms with van der Waals surface area (Å²) in [5, 5.41) is 0. The summed E-state index contributed by atoms with van der Waals surface area (Å²) in [5.41, 5.74) is 1.32. The highest BCUT2D eigenvalue weighted by Crippen LogP contribution is 2.30. The first-order valence-electron chi connectivity index (χ1n) is 6.21. The van der Waals surface area contributed by atoms with Crippen molar-refractivity contribution in [3.63, 3.8) is 0 Å². The summed E-state index contributed by atoms with van der Waals surface area (Å²) in [6.07, 6.45) is 0.622. The summed E-state index contributed by atoms with van der Waals surface area (Å²) in [6.45, 7) is 0. The lowest BCUT2D eigenvalue weighted by Gasteiger charge is -2.21. The number of hydrogen-bond donors (Lipinski definition) is 0. The number of hydrogen-bond acceptors (Lipinski definition) is 3. The van der Waals surface area contributed by atoms with E-state index in [4.69, 9.17) is 0 Å². The van der Waals surface area contributed by atoms with E-state index in [1.54, 1.807) is 48.5 Å². The summed E-state index contributed by atoms with van der Waals surface area (Å²) in [5.74, 6) is -0.849. The molecule has 0 fully saturated rings. The molecule has 4 nitrogen and oxygen atoms in total. The lowest BCUT2D eigenvalue weighted by Crippen LogP contribution is -2.34. The largest absolute Gasteiger partial charge is 0.301 e. The third-order valence-electron chi connectivity index (χ3n) is 3.37. The molecule has 0 N–H and O–H groups in total. The lowest BCUT2D eigenvalue weighted by molar-refractivity contribution is -0.111. The van der Waals surface area contributed by atoms with E-state index in [1.165, 1.54) is 0 Å².